The number of fused-ring (bicyclic) bond motifs is 1. The quantitative estimate of drug-likeness (QED) is 0.302. The summed E-state index contributed by atoms with van der Waals surface area (Å²) >= 11 is 0. The molecule has 0 saturated carbocycles. The minimum absolute atomic E-state index is 0.385. The molecular formula is C8H4F4N2. The summed E-state index contributed by atoms with van der Waals surface area (Å²) in [5.41, 5.74) is -0.499. The number of aromatic nitrogens is 1. The van der Waals surface area contributed by atoms with Crippen LogP contribution in [0, 0.1) is 23.3 Å². The van der Waals surface area contributed by atoms with E-state index in [4.69, 9.17) is 5.84 Å². The topological polar surface area (TPSA) is 30.9 Å². The first-order chi connectivity index (χ1) is 6.54. The van der Waals surface area contributed by atoms with Gasteiger partial charge in [-0.15, -0.1) is 0 Å². The highest BCUT2D eigenvalue weighted by Crippen LogP contribution is 2.26. The number of nitrogen functional groups attached to an aromatic ring is 1. The fourth-order valence-corrected chi connectivity index (χ4v) is 1.27. The maximum Gasteiger partial charge on any atom is 0.199 e. The van der Waals surface area contributed by atoms with Crippen LogP contribution >= 0.6 is 0 Å². The Morgan fingerprint density at radius 2 is 1.50 bits per heavy atom. The highest BCUT2D eigenvalue weighted by Gasteiger charge is 2.22. The number of rotatable bonds is 0. The molecule has 0 atom stereocenters. The van der Waals surface area contributed by atoms with Gasteiger partial charge in [0.25, 0.3) is 0 Å². The lowest BCUT2D eigenvalue weighted by molar-refractivity contribution is 0.417. The molecule has 1 heterocycles. The van der Waals surface area contributed by atoms with E-state index in [2.05, 4.69) is 0 Å². The predicted molar refractivity (Wildman–Crippen MR) is 41.9 cm³/mol. The summed E-state index contributed by atoms with van der Waals surface area (Å²) in [5, 5.41) is -0.385. The molecule has 0 saturated heterocycles. The van der Waals surface area contributed by atoms with Gasteiger partial charge in [0, 0.05) is 11.6 Å². The highest BCUT2D eigenvalue weighted by atomic mass is 19.2. The van der Waals surface area contributed by atoms with Crippen molar-refractivity contribution in [2.24, 2.45) is 0 Å². The zero-order valence-electron chi connectivity index (χ0n) is 6.69. The Morgan fingerprint density at radius 1 is 0.929 bits per heavy atom. The van der Waals surface area contributed by atoms with Crippen LogP contribution in [0.4, 0.5) is 17.6 Å². The van der Waals surface area contributed by atoms with Crippen molar-refractivity contribution in [1.29, 1.82) is 0 Å². The Kier molecular flexibility index (Phi) is 1.67. The lowest BCUT2D eigenvalue weighted by Crippen LogP contribution is -2.08. The summed E-state index contributed by atoms with van der Waals surface area (Å²) in [7, 11) is 0. The zero-order valence-corrected chi connectivity index (χ0v) is 6.69. The van der Waals surface area contributed by atoms with Crippen molar-refractivity contribution in [2.75, 3.05) is 5.84 Å². The maximum atomic E-state index is 13.1. The molecule has 1 aromatic carbocycles. The predicted octanol–water partition coefficient (Wildman–Crippen LogP) is 1.91. The van der Waals surface area contributed by atoms with E-state index >= 15 is 0 Å². The first-order valence-corrected chi connectivity index (χ1v) is 3.62. The van der Waals surface area contributed by atoms with Crippen LogP contribution in [-0.2, 0) is 0 Å². The van der Waals surface area contributed by atoms with Crippen LogP contribution in [0.5, 0.6) is 0 Å². The summed E-state index contributed by atoms with van der Waals surface area (Å²) in [6.45, 7) is 0. The summed E-state index contributed by atoms with van der Waals surface area (Å²) in [5.74, 6) is -1.44. The molecule has 0 aliphatic heterocycles. The van der Waals surface area contributed by atoms with Crippen LogP contribution in [0.3, 0.4) is 0 Å². The third-order valence-electron chi connectivity index (χ3n) is 1.94. The molecule has 0 radical (unpaired) electrons. The van der Waals surface area contributed by atoms with Crippen molar-refractivity contribution in [3.05, 3.63) is 35.5 Å². The molecule has 0 unspecified atom stereocenters. The van der Waals surface area contributed by atoms with Gasteiger partial charge in [0.15, 0.2) is 23.3 Å². The molecule has 74 valence electrons. The van der Waals surface area contributed by atoms with Crippen molar-refractivity contribution in [3.63, 3.8) is 0 Å². The van der Waals surface area contributed by atoms with Gasteiger partial charge >= 0.3 is 0 Å². The Labute approximate surface area is 75.5 Å². The van der Waals surface area contributed by atoms with Gasteiger partial charge in [-0.1, -0.05) is 0 Å². The summed E-state index contributed by atoms with van der Waals surface area (Å²) < 4.78 is 52.2. The number of halogens is 4. The average Bonchev–Trinajstić information content (AvgIpc) is 2.54. The summed E-state index contributed by atoms with van der Waals surface area (Å²) in [4.78, 5) is 0. The number of nitrogens with zero attached hydrogens (tertiary/aromatic N) is 1. The molecule has 0 fully saturated rings. The highest BCUT2D eigenvalue weighted by molar-refractivity contribution is 5.81. The fraction of sp³-hybridized carbons (Fsp3) is 0. The van der Waals surface area contributed by atoms with Gasteiger partial charge in [0.05, 0.1) is 0 Å². The second-order valence-corrected chi connectivity index (χ2v) is 2.74. The smallest absolute Gasteiger partial charge is 0.199 e. The van der Waals surface area contributed by atoms with E-state index in [1.165, 1.54) is 0 Å². The Morgan fingerprint density at radius 3 is 2.14 bits per heavy atom. The van der Waals surface area contributed by atoms with Gasteiger partial charge in [-0.2, -0.15) is 0 Å². The summed E-state index contributed by atoms with van der Waals surface area (Å²) in [6.07, 6.45) is 1.11. The van der Waals surface area contributed by atoms with E-state index in [1.54, 1.807) is 0 Å². The molecule has 14 heavy (non-hydrogen) atoms. The molecule has 2 rings (SSSR count). The van der Waals surface area contributed by atoms with E-state index in [0.29, 0.717) is 4.68 Å². The molecule has 0 bridgehead atoms. The number of benzene rings is 1. The molecule has 2 nitrogen and oxygen atoms in total. The van der Waals surface area contributed by atoms with Crippen molar-refractivity contribution in [2.45, 2.75) is 0 Å². The SMILES string of the molecule is Nn1ccc2c(F)c(F)c(F)c(F)c21. The standard InChI is InChI=1S/C8H4F4N2/c9-4-3-1-2-14(13)8(3)7(12)6(11)5(4)10/h1-2H,13H2. The molecule has 0 amide bonds. The lowest BCUT2D eigenvalue weighted by atomic mass is 10.2. The molecule has 0 aliphatic carbocycles. The lowest BCUT2D eigenvalue weighted by Gasteiger charge is -2.02. The van der Waals surface area contributed by atoms with E-state index in [-0.39, 0.29) is 5.39 Å². The molecule has 2 N–H and O–H groups in total. The first kappa shape index (κ1) is 8.86. The van der Waals surface area contributed by atoms with Crippen LogP contribution in [0.25, 0.3) is 10.9 Å². The Bertz CT molecular complexity index is 518. The molecular weight excluding hydrogens is 200 g/mol. The van der Waals surface area contributed by atoms with E-state index in [0.717, 1.165) is 12.3 Å². The van der Waals surface area contributed by atoms with Crippen LogP contribution in [-0.4, -0.2) is 4.68 Å². The third-order valence-corrected chi connectivity index (χ3v) is 1.94. The van der Waals surface area contributed by atoms with Crippen LogP contribution in [0.15, 0.2) is 12.3 Å². The van der Waals surface area contributed by atoms with Gasteiger partial charge in [-0.05, 0) is 6.07 Å². The maximum absolute atomic E-state index is 13.1. The molecule has 6 heteroatoms. The van der Waals surface area contributed by atoms with Crippen LogP contribution in [0.1, 0.15) is 0 Å². The minimum Gasteiger partial charge on any atom is -0.339 e. The van der Waals surface area contributed by atoms with Crippen molar-refractivity contribution >= 4 is 10.9 Å². The first-order valence-electron chi connectivity index (χ1n) is 3.62. The second-order valence-electron chi connectivity index (χ2n) is 2.74. The Balaban J connectivity index is 3.05. The van der Waals surface area contributed by atoms with Gasteiger partial charge in [-0.3, -0.25) is 4.68 Å². The second kappa shape index (κ2) is 2.63. The van der Waals surface area contributed by atoms with Gasteiger partial charge in [0.1, 0.15) is 5.52 Å². The van der Waals surface area contributed by atoms with Crippen molar-refractivity contribution in [3.8, 4) is 0 Å². The summed E-state index contributed by atoms with van der Waals surface area (Å²) in [6, 6.07) is 1.07. The third kappa shape index (κ3) is 0.905. The largest absolute Gasteiger partial charge is 0.339 e. The zero-order chi connectivity index (χ0) is 10.5. The van der Waals surface area contributed by atoms with Crippen molar-refractivity contribution in [1.82, 2.24) is 4.68 Å². The number of hydrogen-bond donors (Lipinski definition) is 1. The Hall–Kier alpha value is -1.72. The molecule has 2 aromatic rings. The van der Waals surface area contributed by atoms with Gasteiger partial charge in [0.2, 0.25) is 0 Å². The molecule has 1 aromatic heterocycles. The van der Waals surface area contributed by atoms with Crippen LogP contribution in [0.2, 0.25) is 0 Å². The van der Waals surface area contributed by atoms with Gasteiger partial charge in [-0.25, -0.2) is 17.6 Å². The monoisotopic (exact) mass is 204 g/mol. The number of hydrogen-bond acceptors (Lipinski definition) is 1. The van der Waals surface area contributed by atoms with E-state index < -0.39 is 28.8 Å². The van der Waals surface area contributed by atoms with Gasteiger partial charge < -0.3 is 5.84 Å². The normalized spacial score (nSPS) is 11.1. The minimum atomic E-state index is -1.86. The molecule has 0 aliphatic rings. The number of nitrogens with two attached hydrogens (primary N) is 1. The average molecular weight is 204 g/mol. The molecule has 0 spiro atoms. The fourth-order valence-electron chi connectivity index (χ4n) is 1.27. The van der Waals surface area contributed by atoms with Crippen molar-refractivity contribution < 1.29 is 17.6 Å². The van der Waals surface area contributed by atoms with E-state index in [1.807, 2.05) is 0 Å². The van der Waals surface area contributed by atoms with E-state index in [9.17, 15) is 17.6 Å². The van der Waals surface area contributed by atoms with Crippen LogP contribution < -0.4 is 5.84 Å².